The largest absolute Gasteiger partial charge is 0.456 e. The molecule has 1 heterocycles. The van der Waals surface area contributed by atoms with Crippen LogP contribution in [0.1, 0.15) is 23.7 Å². The third-order valence-electron chi connectivity index (χ3n) is 5.74. The van der Waals surface area contributed by atoms with Gasteiger partial charge in [0.05, 0.1) is 11.8 Å². The Morgan fingerprint density at radius 2 is 1.67 bits per heavy atom. The Labute approximate surface area is 164 Å². The van der Waals surface area contributed by atoms with E-state index in [0.29, 0.717) is 5.56 Å². The van der Waals surface area contributed by atoms with Crippen LogP contribution in [0.2, 0.25) is 0 Å². The smallest absolute Gasteiger partial charge is 0.329 e. The molecule has 5 atom stereocenters. The third-order valence-corrected chi connectivity index (χ3v) is 6.27. The minimum atomic E-state index is -1.03. The highest BCUT2D eigenvalue weighted by atomic mass is 79.9. The minimum absolute atomic E-state index is 0.0867. The molecule has 3 aliphatic rings. The van der Waals surface area contributed by atoms with Crippen molar-refractivity contribution in [3.05, 3.63) is 46.5 Å². The number of fused-ring (bicyclic) bond motifs is 5. The molecule has 6 nitrogen and oxygen atoms in total. The summed E-state index contributed by atoms with van der Waals surface area (Å²) in [6.07, 6.45) is 4.84. The molecule has 1 saturated heterocycles. The van der Waals surface area contributed by atoms with Crippen LogP contribution >= 0.6 is 15.9 Å². The number of amides is 2. The van der Waals surface area contributed by atoms with E-state index in [1.54, 1.807) is 24.3 Å². The Morgan fingerprint density at radius 1 is 1.11 bits per heavy atom. The first-order valence-electron chi connectivity index (χ1n) is 8.89. The van der Waals surface area contributed by atoms with E-state index >= 15 is 0 Å². The molecular formula is C20H18BrNO5. The molecule has 1 aromatic rings. The van der Waals surface area contributed by atoms with Crippen LogP contribution in [0.15, 0.2) is 40.9 Å². The first-order chi connectivity index (χ1) is 12.9. The molecule has 1 aromatic carbocycles. The summed E-state index contributed by atoms with van der Waals surface area (Å²) >= 11 is 3.29. The number of ketones is 1. The van der Waals surface area contributed by atoms with Crippen LogP contribution in [0.25, 0.3) is 0 Å². The number of hydrogen-bond donors (Lipinski definition) is 0. The number of carbonyl (C=O) groups excluding carboxylic acids is 4. The monoisotopic (exact) mass is 431 g/mol. The van der Waals surface area contributed by atoms with Crippen LogP contribution in [0.5, 0.6) is 0 Å². The molecule has 0 aromatic heterocycles. The zero-order chi connectivity index (χ0) is 19.3. The molecule has 2 aliphatic carbocycles. The summed E-state index contributed by atoms with van der Waals surface area (Å²) < 4.78 is 5.93. The van der Waals surface area contributed by atoms with Crippen LogP contribution in [0, 0.1) is 23.7 Å². The van der Waals surface area contributed by atoms with E-state index in [-0.39, 0.29) is 41.3 Å². The lowest BCUT2D eigenvalue weighted by atomic mass is 9.85. The molecule has 0 spiro atoms. The maximum atomic E-state index is 12.7. The van der Waals surface area contributed by atoms with Crippen molar-refractivity contribution >= 4 is 39.5 Å². The quantitative estimate of drug-likeness (QED) is 0.309. The Kier molecular flexibility index (Phi) is 4.50. The predicted octanol–water partition coefficient (Wildman–Crippen LogP) is 2.37. The molecule has 2 amide bonds. The number of halogens is 1. The van der Waals surface area contributed by atoms with E-state index in [4.69, 9.17) is 4.74 Å². The maximum absolute atomic E-state index is 12.7. The molecule has 2 fully saturated rings. The van der Waals surface area contributed by atoms with Gasteiger partial charge in [0.2, 0.25) is 11.8 Å². The predicted molar refractivity (Wildman–Crippen MR) is 98.5 cm³/mol. The maximum Gasteiger partial charge on any atom is 0.329 e. The van der Waals surface area contributed by atoms with E-state index in [9.17, 15) is 19.2 Å². The minimum Gasteiger partial charge on any atom is -0.456 e. The van der Waals surface area contributed by atoms with Gasteiger partial charge in [0.1, 0.15) is 6.04 Å². The Bertz CT molecular complexity index is 832. The third kappa shape index (κ3) is 2.94. The number of carbonyl (C=O) groups is 4. The zero-order valence-electron chi connectivity index (χ0n) is 14.6. The summed E-state index contributed by atoms with van der Waals surface area (Å²) in [6.45, 7) is 1.04. The molecule has 0 N–H and O–H groups in total. The SMILES string of the molecule is C[C@@H](C(=O)OCC(=O)c1ccc(Br)cc1)N1C(=O)[C@@H]2[C@H](C1=O)[C@H]1C=C[C@H]2C1. The number of esters is 1. The number of Topliss-reactive ketones (excluding diaryl/α,β-unsaturated/α-hetero) is 1. The topological polar surface area (TPSA) is 80.8 Å². The molecule has 0 unspecified atom stereocenters. The average molecular weight is 432 g/mol. The summed E-state index contributed by atoms with van der Waals surface area (Å²) in [7, 11) is 0. The highest BCUT2D eigenvalue weighted by Crippen LogP contribution is 2.52. The van der Waals surface area contributed by atoms with Gasteiger partial charge in [-0.05, 0) is 37.3 Å². The van der Waals surface area contributed by atoms with E-state index in [1.165, 1.54) is 6.92 Å². The van der Waals surface area contributed by atoms with Crippen molar-refractivity contribution in [3.63, 3.8) is 0 Å². The van der Waals surface area contributed by atoms with Crippen molar-refractivity contribution in [2.24, 2.45) is 23.7 Å². The number of rotatable bonds is 5. The van der Waals surface area contributed by atoms with Crippen molar-refractivity contribution in [2.75, 3.05) is 6.61 Å². The molecule has 27 heavy (non-hydrogen) atoms. The lowest BCUT2D eigenvalue weighted by molar-refractivity contribution is -0.157. The van der Waals surface area contributed by atoms with Gasteiger partial charge in [0, 0.05) is 10.0 Å². The van der Waals surface area contributed by atoms with E-state index in [1.807, 2.05) is 12.2 Å². The van der Waals surface area contributed by atoms with Gasteiger partial charge in [0.25, 0.3) is 0 Å². The van der Waals surface area contributed by atoms with Crippen LogP contribution < -0.4 is 0 Å². The number of imide groups is 1. The summed E-state index contributed by atoms with van der Waals surface area (Å²) in [5.74, 6) is -2.23. The zero-order valence-corrected chi connectivity index (χ0v) is 16.2. The number of ether oxygens (including phenoxy) is 1. The lowest BCUT2D eigenvalue weighted by Crippen LogP contribution is -2.45. The van der Waals surface area contributed by atoms with Gasteiger partial charge in [-0.15, -0.1) is 0 Å². The summed E-state index contributed by atoms with van der Waals surface area (Å²) in [6, 6.07) is 5.66. The van der Waals surface area contributed by atoms with Gasteiger partial charge in [-0.25, -0.2) is 4.79 Å². The number of hydrogen-bond acceptors (Lipinski definition) is 5. The Balaban J connectivity index is 1.39. The molecule has 0 radical (unpaired) electrons. The second-order valence-electron chi connectivity index (χ2n) is 7.26. The van der Waals surface area contributed by atoms with Crippen molar-refractivity contribution in [1.29, 1.82) is 0 Å². The fourth-order valence-electron chi connectivity index (χ4n) is 4.39. The number of allylic oxidation sites excluding steroid dienone is 2. The second-order valence-corrected chi connectivity index (χ2v) is 8.18. The molecule has 140 valence electrons. The highest BCUT2D eigenvalue weighted by molar-refractivity contribution is 9.10. The standard InChI is InChI=1S/C20H18BrNO5/c1-10(20(26)27-9-15(23)11-4-6-14(21)7-5-11)22-18(24)16-12-2-3-13(8-12)17(16)19(22)25/h2-7,10,12-13,16-17H,8-9H2,1H3/t10-,12-,13-,16-,17+/m0/s1. The van der Waals surface area contributed by atoms with Crippen LogP contribution in [0.4, 0.5) is 0 Å². The fraction of sp³-hybridized carbons (Fsp3) is 0.400. The van der Waals surface area contributed by atoms with Crippen molar-refractivity contribution in [2.45, 2.75) is 19.4 Å². The molecule has 2 bridgehead atoms. The first kappa shape index (κ1) is 18.1. The molecule has 7 heteroatoms. The van der Waals surface area contributed by atoms with Crippen molar-refractivity contribution < 1.29 is 23.9 Å². The average Bonchev–Trinajstić information content (AvgIpc) is 3.33. The van der Waals surface area contributed by atoms with E-state index in [0.717, 1.165) is 15.8 Å². The first-order valence-corrected chi connectivity index (χ1v) is 9.68. The number of benzene rings is 1. The Hall–Kier alpha value is -2.28. The van der Waals surface area contributed by atoms with Gasteiger partial charge in [-0.2, -0.15) is 0 Å². The van der Waals surface area contributed by atoms with Crippen molar-refractivity contribution in [3.8, 4) is 0 Å². The molecule has 1 saturated carbocycles. The molecule has 4 rings (SSSR count). The van der Waals surface area contributed by atoms with Gasteiger partial charge in [-0.3, -0.25) is 19.3 Å². The molecular weight excluding hydrogens is 414 g/mol. The van der Waals surface area contributed by atoms with E-state index in [2.05, 4.69) is 15.9 Å². The fourth-order valence-corrected chi connectivity index (χ4v) is 4.65. The lowest BCUT2D eigenvalue weighted by Gasteiger charge is -2.23. The summed E-state index contributed by atoms with van der Waals surface area (Å²) in [5, 5.41) is 0. The number of likely N-dealkylation sites (tertiary alicyclic amines) is 1. The number of nitrogens with zero attached hydrogens (tertiary/aromatic N) is 1. The van der Waals surface area contributed by atoms with Crippen LogP contribution in [0.3, 0.4) is 0 Å². The van der Waals surface area contributed by atoms with Gasteiger partial charge < -0.3 is 4.74 Å². The normalized spacial score (nSPS) is 29.2. The van der Waals surface area contributed by atoms with Gasteiger partial charge >= 0.3 is 5.97 Å². The summed E-state index contributed by atoms with van der Waals surface area (Å²) in [4.78, 5) is 51.0. The van der Waals surface area contributed by atoms with Crippen LogP contribution in [-0.2, 0) is 19.1 Å². The Morgan fingerprint density at radius 3 is 2.22 bits per heavy atom. The van der Waals surface area contributed by atoms with E-state index < -0.39 is 18.6 Å². The molecule has 1 aliphatic heterocycles. The second kappa shape index (κ2) is 6.71. The van der Waals surface area contributed by atoms with Crippen LogP contribution in [-0.4, -0.2) is 41.1 Å². The highest BCUT2D eigenvalue weighted by Gasteiger charge is 2.60. The van der Waals surface area contributed by atoms with Gasteiger partial charge in [-0.1, -0.05) is 40.2 Å². The summed E-state index contributed by atoms with van der Waals surface area (Å²) in [5.41, 5.74) is 0.421. The van der Waals surface area contributed by atoms with Gasteiger partial charge in [0.15, 0.2) is 12.4 Å². The van der Waals surface area contributed by atoms with Crippen molar-refractivity contribution in [1.82, 2.24) is 4.90 Å².